The topological polar surface area (TPSA) is 75.3 Å². The zero-order valence-corrected chi connectivity index (χ0v) is 17.0. The van der Waals surface area contributed by atoms with Gasteiger partial charge in [0.05, 0.1) is 15.6 Å². The average molecular weight is 415 g/mol. The zero-order chi connectivity index (χ0) is 19.5. The van der Waals surface area contributed by atoms with Crippen LogP contribution in [-0.4, -0.2) is 20.9 Å². The van der Waals surface area contributed by atoms with E-state index in [1.54, 1.807) is 18.2 Å². The predicted molar refractivity (Wildman–Crippen MR) is 106 cm³/mol. The van der Waals surface area contributed by atoms with Gasteiger partial charge in [0, 0.05) is 12.2 Å². The van der Waals surface area contributed by atoms with E-state index in [1.807, 2.05) is 26.8 Å². The van der Waals surface area contributed by atoms with Crippen LogP contribution in [0, 0.1) is 12.8 Å². The van der Waals surface area contributed by atoms with Crippen LogP contribution in [0.15, 0.2) is 41.3 Å². The summed E-state index contributed by atoms with van der Waals surface area (Å²) in [5.41, 5.74) is 1.59. The Labute approximate surface area is 163 Å². The van der Waals surface area contributed by atoms with Crippen LogP contribution in [0.1, 0.15) is 29.8 Å². The van der Waals surface area contributed by atoms with E-state index in [0.717, 1.165) is 5.56 Å². The van der Waals surface area contributed by atoms with Gasteiger partial charge in [0.25, 0.3) is 5.91 Å². The molecule has 0 fully saturated rings. The molecule has 0 aromatic heterocycles. The maximum Gasteiger partial charge on any atom is 0.257 e. The number of aryl methyl sites for hydroxylation is 1. The molecule has 2 aromatic rings. The van der Waals surface area contributed by atoms with Crippen LogP contribution >= 0.6 is 23.2 Å². The second kappa shape index (κ2) is 8.39. The minimum atomic E-state index is -3.86. The van der Waals surface area contributed by atoms with E-state index in [4.69, 9.17) is 23.2 Å². The van der Waals surface area contributed by atoms with Crippen molar-refractivity contribution in [3.05, 3.63) is 57.6 Å². The molecule has 0 aliphatic carbocycles. The first-order valence-corrected chi connectivity index (χ1v) is 10.2. The normalized spacial score (nSPS) is 11.6. The number of rotatable bonds is 6. The van der Waals surface area contributed by atoms with Gasteiger partial charge in [-0.2, -0.15) is 0 Å². The van der Waals surface area contributed by atoms with Gasteiger partial charge in [-0.3, -0.25) is 4.79 Å². The number of anilines is 1. The molecule has 0 atom stereocenters. The van der Waals surface area contributed by atoms with Crippen molar-refractivity contribution in [1.29, 1.82) is 0 Å². The van der Waals surface area contributed by atoms with Gasteiger partial charge in [-0.05, 0) is 42.7 Å². The Morgan fingerprint density at radius 3 is 2.42 bits per heavy atom. The van der Waals surface area contributed by atoms with Crippen LogP contribution < -0.4 is 10.0 Å². The highest BCUT2D eigenvalue weighted by atomic mass is 35.5. The fraction of sp³-hybridized carbons (Fsp3) is 0.278. The van der Waals surface area contributed by atoms with E-state index in [-0.39, 0.29) is 33.0 Å². The maximum absolute atomic E-state index is 12.5. The van der Waals surface area contributed by atoms with Crippen LogP contribution in [0.3, 0.4) is 0 Å². The molecular formula is C18H20Cl2N2O3S. The number of carbonyl (C=O) groups excluding carboxylic acids is 1. The first-order valence-electron chi connectivity index (χ1n) is 7.97. The Morgan fingerprint density at radius 2 is 1.81 bits per heavy atom. The number of amides is 1. The summed E-state index contributed by atoms with van der Waals surface area (Å²) in [6.07, 6.45) is 0. The van der Waals surface area contributed by atoms with Crippen LogP contribution in [0.4, 0.5) is 5.69 Å². The molecule has 0 saturated carbocycles. The molecule has 0 aliphatic heterocycles. The van der Waals surface area contributed by atoms with Gasteiger partial charge >= 0.3 is 0 Å². The summed E-state index contributed by atoms with van der Waals surface area (Å²) in [5.74, 6) is -0.391. The van der Waals surface area contributed by atoms with Gasteiger partial charge in [-0.15, -0.1) is 0 Å². The van der Waals surface area contributed by atoms with Gasteiger partial charge < -0.3 is 5.32 Å². The largest absolute Gasteiger partial charge is 0.322 e. The van der Waals surface area contributed by atoms with Crippen molar-refractivity contribution in [2.75, 3.05) is 11.9 Å². The number of carbonyl (C=O) groups is 1. The lowest BCUT2D eigenvalue weighted by Crippen LogP contribution is -2.28. The van der Waals surface area contributed by atoms with E-state index in [0.29, 0.717) is 5.69 Å². The fourth-order valence-electron chi connectivity index (χ4n) is 2.18. The van der Waals surface area contributed by atoms with Gasteiger partial charge in [0.1, 0.15) is 4.90 Å². The fourth-order valence-corrected chi connectivity index (χ4v) is 4.26. The summed E-state index contributed by atoms with van der Waals surface area (Å²) in [6.45, 7) is 5.92. The second-order valence-electron chi connectivity index (χ2n) is 6.33. The van der Waals surface area contributed by atoms with Crippen molar-refractivity contribution in [3.8, 4) is 0 Å². The lowest BCUT2D eigenvalue weighted by atomic mass is 10.2. The van der Waals surface area contributed by atoms with Crippen molar-refractivity contribution in [2.45, 2.75) is 25.7 Å². The molecule has 2 N–H and O–H groups in total. The molecular weight excluding hydrogens is 395 g/mol. The number of halogens is 2. The molecule has 0 heterocycles. The standard InChI is InChI=1S/C18H20Cl2N2O3S/c1-11(2)10-21-26(24,25)17-8-14(15(19)9-16(17)20)18(23)22-13-6-4-5-12(3)7-13/h4-9,11,21H,10H2,1-3H3,(H,22,23). The molecule has 140 valence electrons. The monoisotopic (exact) mass is 414 g/mol. The van der Waals surface area contributed by atoms with Gasteiger partial charge in [-0.1, -0.05) is 49.2 Å². The number of nitrogens with one attached hydrogen (secondary N) is 2. The summed E-state index contributed by atoms with van der Waals surface area (Å²) in [4.78, 5) is 12.4. The first kappa shape index (κ1) is 20.7. The number of sulfonamides is 1. The smallest absolute Gasteiger partial charge is 0.257 e. The Kier molecular flexibility index (Phi) is 6.69. The highest BCUT2D eigenvalue weighted by Gasteiger charge is 2.22. The molecule has 0 radical (unpaired) electrons. The second-order valence-corrected chi connectivity index (χ2v) is 8.88. The number of benzene rings is 2. The molecule has 0 bridgehead atoms. The SMILES string of the molecule is Cc1cccc(NC(=O)c2cc(S(=O)(=O)NCC(C)C)c(Cl)cc2Cl)c1. The van der Waals surface area contributed by atoms with Gasteiger partial charge in [0.2, 0.25) is 10.0 Å². The van der Waals surface area contributed by atoms with E-state index >= 15 is 0 Å². The third-order valence-corrected chi connectivity index (χ3v) is 5.71. The highest BCUT2D eigenvalue weighted by molar-refractivity contribution is 7.89. The van der Waals surface area contributed by atoms with Gasteiger partial charge in [0.15, 0.2) is 0 Å². The molecule has 1 amide bonds. The summed E-state index contributed by atoms with van der Waals surface area (Å²) < 4.78 is 27.4. The Hall–Kier alpha value is -1.60. The summed E-state index contributed by atoms with van der Waals surface area (Å²) >= 11 is 12.2. The molecule has 0 saturated heterocycles. The first-order chi connectivity index (χ1) is 12.1. The molecule has 26 heavy (non-hydrogen) atoms. The molecule has 5 nitrogen and oxygen atoms in total. The third-order valence-electron chi connectivity index (χ3n) is 3.51. The quantitative estimate of drug-likeness (QED) is 0.730. The minimum Gasteiger partial charge on any atom is -0.322 e. The molecule has 0 spiro atoms. The maximum atomic E-state index is 12.5. The van der Waals surface area contributed by atoms with Crippen LogP contribution in [0.2, 0.25) is 10.0 Å². The summed E-state index contributed by atoms with van der Waals surface area (Å²) in [7, 11) is -3.86. The van der Waals surface area contributed by atoms with E-state index < -0.39 is 15.9 Å². The molecule has 0 aliphatic rings. The predicted octanol–water partition coefficient (Wildman–Crippen LogP) is 4.49. The summed E-state index contributed by atoms with van der Waals surface area (Å²) in [6, 6.07) is 9.69. The molecule has 0 unspecified atom stereocenters. The average Bonchev–Trinajstić information content (AvgIpc) is 2.52. The van der Waals surface area contributed by atoms with E-state index in [9.17, 15) is 13.2 Å². The van der Waals surface area contributed by atoms with Crippen molar-refractivity contribution in [3.63, 3.8) is 0 Å². The zero-order valence-electron chi connectivity index (χ0n) is 14.6. The van der Waals surface area contributed by atoms with E-state index in [2.05, 4.69) is 10.0 Å². The van der Waals surface area contributed by atoms with Crippen LogP contribution in [-0.2, 0) is 10.0 Å². The minimum absolute atomic E-state index is 0.0301. The Balaban J connectivity index is 2.36. The highest BCUT2D eigenvalue weighted by Crippen LogP contribution is 2.29. The van der Waals surface area contributed by atoms with Crippen LogP contribution in [0.25, 0.3) is 0 Å². The lowest BCUT2D eigenvalue weighted by Gasteiger charge is -2.13. The lowest BCUT2D eigenvalue weighted by molar-refractivity contribution is 0.102. The van der Waals surface area contributed by atoms with E-state index in [1.165, 1.54) is 12.1 Å². The third kappa shape index (κ3) is 5.20. The van der Waals surface area contributed by atoms with Crippen LogP contribution in [0.5, 0.6) is 0 Å². The Morgan fingerprint density at radius 1 is 1.12 bits per heavy atom. The number of hydrogen-bond donors (Lipinski definition) is 2. The van der Waals surface area contributed by atoms with Crippen molar-refractivity contribution >= 4 is 44.8 Å². The van der Waals surface area contributed by atoms with Crippen molar-refractivity contribution < 1.29 is 13.2 Å². The molecule has 2 rings (SSSR count). The number of hydrogen-bond acceptors (Lipinski definition) is 3. The summed E-state index contributed by atoms with van der Waals surface area (Å²) in [5, 5.41) is 2.74. The van der Waals surface area contributed by atoms with Crippen molar-refractivity contribution in [2.24, 2.45) is 5.92 Å². The molecule has 8 heteroatoms. The molecule has 2 aromatic carbocycles. The Bertz CT molecular complexity index is 928. The van der Waals surface area contributed by atoms with Crippen molar-refractivity contribution in [1.82, 2.24) is 4.72 Å². The van der Waals surface area contributed by atoms with Gasteiger partial charge in [-0.25, -0.2) is 13.1 Å².